The van der Waals surface area contributed by atoms with Gasteiger partial charge in [-0.2, -0.15) is 5.10 Å². The van der Waals surface area contributed by atoms with Gasteiger partial charge >= 0.3 is 0 Å². The standard InChI is InChI=1S/C15H16N4S/c1-2-16-15(13-10-20-11-17-13)14-8-9-18-19(14)12-6-4-3-5-7-12/h3-11,15-16H,2H2,1H3. The zero-order chi connectivity index (χ0) is 13.8. The molecule has 0 fully saturated rings. The number of hydrogen-bond acceptors (Lipinski definition) is 4. The fraction of sp³-hybridized carbons (Fsp3) is 0.200. The molecule has 3 rings (SSSR count). The van der Waals surface area contributed by atoms with Gasteiger partial charge in [0.2, 0.25) is 0 Å². The molecule has 0 aliphatic heterocycles. The summed E-state index contributed by atoms with van der Waals surface area (Å²) < 4.78 is 1.96. The number of thiazole rings is 1. The summed E-state index contributed by atoms with van der Waals surface area (Å²) in [5.41, 5.74) is 5.06. The van der Waals surface area contributed by atoms with E-state index in [1.807, 2.05) is 40.7 Å². The zero-order valence-corrected chi connectivity index (χ0v) is 12.0. The summed E-state index contributed by atoms with van der Waals surface area (Å²) in [7, 11) is 0. The second kappa shape index (κ2) is 5.98. The van der Waals surface area contributed by atoms with Crippen molar-refractivity contribution in [3.05, 3.63) is 64.9 Å². The van der Waals surface area contributed by atoms with Gasteiger partial charge in [0, 0.05) is 11.6 Å². The van der Waals surface area contributed by atoms with Gasteiger partial charge in [0.25, 0.3) is 0 Å². The molecule has 1 N–H and O–H groups in total. The Hall–Kier alpha value is -1.98. The van der Waals surface area contributed by atoms with Crippen molar-refractivity contribution in [2.24, 2.45) is 0 Å². The molecule has 1 unspecified atom stereocenters. The monoisotopic (exact) mass is 284 g/mol. The van der Waals surface area contributed by atoms with Crippen LogP contribution in [0.15, 0.2) is 53.5 Å². The summed E-state index contributed by atoms with van der Waals surface area (Å²) in [6, 6.07) is 12.3. The molecule has 20 heavy (non-hydrogen) atoms. The topological polar surface area (TPSA) is 42.7 Å². The van der Waals surface area contributed by atoms with Crippen molar-refractivity contribution in [3.8, 4) is 5.69 Å². The van der Waals surface area contributed by atoms with Gasteiger partial charge in [-0.3, -0.25) is 0 Å². The normalized spacial score (nSPS) is 12.4. The minimum absolute atomic E-state index is 0.0638. The van der Waals surface area contributed by atoms with E-state index in [-0.39, 0.29) is 6.04 Å². The van der Waals surface area contributed by atoms with Gasteiger partial charge in [0.15, 0.2) is 0 Å². The predicted octanol–water partition coefficient (Wildman–Crippen LogP) is 3.03. The van der Waals surface area contributed by atoms with Crippen LogP contribution in [0.5, 0.6) is 0 Å². The Morgan fingerprint density at radius 3 is 2.80 bits per heavy atom. The molecule has 1 aromatic carbocycles. The highest BCUT2D eigenvalue weighted by Crippen LogP contribution is 2.23. The lowest BCUT2D eigenvalue weighted by molar-refractivity contribution is 0.583. The van der Waals surface area contributed by atoms with E-state index in [2.05, 4.69) is 39.8 Å². The molecule has 0 spiro atoms. The van der Waals surface area contributed by atoms with Crippen molar-refractivity contribution in [1.82, 2.24) is 20.1 Å². The first-order valence-corrected chi connectivity index (χ1v) is 7.55. The summed E-state index contributed by atoms with van der Waals surface area (Å²) in [5, 5.41) is 10.0. The lowest BCUT2D eigenvalue weighted by Crippen LogP contribution is -2.24. The maximum atomic E-state index is 4.45. The molecule has 0 saturated carbocycles. The number of nitrogens with one attached hydrogen (secondary N) is 1. The van der Waals surface area contributed by atoms with Crippen LogP contribution in [0.3, 0.4) is 0 Å². The Balaban J connectivity index is 2.03. The Morgan fingerprint density at radius 2 is 2.10 bits per heavy atom. The van der Waals surface area contributed by atoms with E-state index in [1.165, 1.54) is 0 Å². The molecule has 2 aromatic heterocycles. The third-order valence-corrected chi connectivity index (χ3v) is 3.73. The van der Waals surface area contributed by atoms with Gasteiger partial charge in [-0.05, 0) is 24.7 Å². The summed E-state index contributed by atoms with van der Waals surface area (Å²) in [5.74, 6) is 0. The average molecular weight is 284 g/mol. The molecule has 0 amide bonds. The average Bonchev–Trinajstić information content (AvgIpc) is 3.17. The number of rotatable bonds is 5. The van der Waals surface area contributed by atoms with Crippen molar-refractivity contribution in [2.45, 2.75) is 13.0 Å². The quantitative estimate of drug-likeness (QED) is 0.783. The van der Waals surface area contributed by atoms with Crippen molar-refractivity contribution >= 4 is 11.3 Å². The Bertz CT molecular complexity index is 646. The van der Waals surface area contributed by atoms with E-state index in [1.54, 1.807) is 11.3 Å². The van der Waals surface area contributed by atoms with Crippen molar-refractivity contribution in [1.29, 1.82) is 0 Å². The van der Waals surface area contributed by atoms with E-state index in [4.69, 9.17) is 0 Å². The molecule has 0 aliphatic rings. The molecule has 4 nitrogen and oxygen atoms in total. The molecule has 0 saturated heterocycles. The largest absolute Gasteiger partial charge is 0.304 e. The second-order valence-corrected chi connectivity index (χ2v) is 5.13. The number of para-hydroxylation sites is 1. The third kappa shape index (κ3) is 2.50. The minimum atomic E-state index is 0.0638. The summed E-state index contributed by atoms with van der Waals surface area (Å²) in [4.78, 5) is 4.44. The molecule has 102 valence electrons. The van der Waals surface area contributed by atoms with E-state index >= 15 is 0 Å². The fourth-order valence-electron chi connectivity index (χ4n) is 2.25. The van der Waals surface area contributed by atoms with Crippen LogP contribution in [-0.4, -0.2) is 21.3 Å². The maximum Gasteiger partial charge on any atom is 0.0934 e. The zero-order valence-electron chi connectivity index (χ0n) is 11.2. The van der Waals surface area contributed by atoms with Crippen molar-refractivity contribution < 1.29 is 0 Å². The SMILES string of the molecule is CCNC(c1cscn1)c1ccnn1-c1ccccc1. The molecule has 0 bridgehead atoms. The summed E-state index contributed by atoms with van der Waals surface area (Å²) >= 11 is 1.61. The summed E-state index contributed by atoms with van der Waals surface area (Å²) in [6.07, 6.45) is 1.83. The molecular weight excluding hydrogens is 268 g/mol. The lowest BCUT2D eigenvalue weighted by atomic mass is 10.1. The van der Waals surface area contributed by atoms with E-state index in [0.717, 1.165) is 23.6 Å². The first-order valence-electron chi connectivity index (χ1n) is 6.61. The van der Waals surface area contributed by atoms with Gasteiger partial charge in [0.05, 0.1) is 28.6 Å². The van der Waals surface area contributed by atoms with Crippen LogP contribution in [0.4, 0.5) is 0 Å². The third-order valence-electron chi connectivity index (χ3n) is 3.12. The van der Waals surface area contributed by atoms with Crippen LogP contribution in [0.25, 0.3) is 5.69 Å². The number of aromatic nitrogens is 3. The first-order chi connectivity index (χ1) is 9.90. The van der Waals surface area contributed by atoms with E-state index in [0.29, 0.717) is 0 Å². The van der Waals surface area contributed by atoms with Gasteiger partial charge in [0.1, 0.15) is 0 Å². The smallest absolute Gasteiger partial charge is 0.0934 e. The van der Waals surface area contributed by atoms with Crippen LogP contribution in [0.2, 0.25) is 0 Å². The van der Waals surface area contributed by atoms with Crippen LogP contribution in [-0.2, 0) is 0 Å². The minimum Gasteiger partial charge on any atom is -0.304 e. The predicted molar refractivity (Wildman–Crippen MR) is 81.2 cm³/mol. The van der Waals surface area contributed by atoms with Crippen LogP contribution < -0.4 is 5.32 Å². The molecule has 5 heteroatoms. The Morgan fingerprint density at radius 1 is 1.25 bits per heavy atom. The number of nitrogens with zero attached hydrogens (tertiary/aromatic N) is 3. The van der Waals surface area contributed by atoms with Gasteiger partial charge in [-0.25, -0.2) is 9.67 Å². The van der Waals surface area contributed by atoms with E-state index in [9.17, 15) is 0 Å². The molecule has 3 aromatic rings. The van der Waals surface area contributed by atoms with Crippen LogP contribution in [0.1, 0.15) is 24.4 Å². The molecule has 0 aliphatic carbocycles. The second-order valence-electron chi connectivity index (χ2n) is 4.41. The molecule has 1 atom stereocenters. The summed E-state index contributed by atoms with van der Waals surface area (Å²) in [6.45, 7) is 2.98. The maximum absolute atomic E-state index is 4.45. The molecular formula is C15H16N4S. The highest BCUT2D eigenvalue weighted by atomic mass is 32.1. The Labute approximate surface area is 122 Å². The van der Waals surface area contributed by atoms with E-state index < -0.39 is 0 Å². The number of hydrogen-bond donors (Lipinski definition) is 1. The van der Waals surface area contributed by atoms with Crippen molar-refractivity contribution in [3.63, 3.8) is 0 Å². The Kier molecular flexibility index (Phi) is 3.90. The first kappa shape index (κ1) is 13.0. The van der Waals surface area contributed by atoms with Crippen LogP contribution in [0, 0.1) is 0 Å². The van der Waals surface area contributed by atoms with Crippen LogP contribution >= 0.6 is 11.3 Å². The van der Waals surface area contributed by atoms with Gasteiger partial charge in [-0.15, -0.1) is 11.3 Å². The molecule has 0 radical (unpaired) electrons. The van der Waals surface area contributed by atoms with Gasteiger partial charge < -0.3 is 5.32 Å². The fourth-order valence-corrected chi connectivity index (χ4v) is 2.83. The molecule has 2 heterocycles. The van der Waals surface area contributed by atoms with Crippen molar-refractivity contribution in [2.75, 3.05) is 6.54 Å². The van der Waals surface area contributed by atoms with Gasteiger partial charge in [-0.1, -0.05) is 25.1 Å². The lowest BCUT2D eigenvalue weighted by Gasteiger charge is -2.17. The highest BCUT2D eigenvalue weighted by Gasteiger charge is 2.19. The highest BCUT2D eigenvalue weighted by molar-refractivity contribution is 7.07. The number of benzene rings is 1.